The Hall–Kier alpha value is 0. The van der Waals surface area contributed by atoms with Gasteiger partial charge in [0.2, 0.25) is 0 Å². The zero-order valence-corrected chi connectivity index (χ0v) is 8.27. The summed E-state index contributed by atoms with van der Waals surface area (Å²) in [6, 6.07) is 0. The molecule has 0 radical (unpaired) electrons. The van der Waals surface area contributed by atoms with Crippen molar-refractivity contribution in [2.24, 2.45) is 23.6 Å². The Morgan fingerprint density at radius 2 is 1.83 bits per heavy atom. The summed E-state index contributed by atoms with van der Waals surface area (Å²) < 4.78 is 24.8. The molecule has 0 aromatic heterocycles. The molecule has 0 aliphatic heterocycles. The monoisotopic (exact) mass is 169 g/mol. The Labute approximate surface area is 81.0 Å². The van der Waals surface area contributed by atoms with E-state index in [1.165, 1.54) is 0 Å². The summed E-state index contributed by atoms with van der Waals surface area (Å²) in [5.74, 6) is 0.497. The van der Waals surface area contributed by atoms with E-state index in [4.69, 9.17) is 4.11 Å². The molecule has 2 fully saturated rings. The highest BCUT2D eigenvalue weighted by atomic mass is 14.4. The van der Waals surface area contributed by atoms with Crippen molar-refractivity contribution in [3.63, 3.8) is 0 Å². The lowest BCUT2D eigenvalue weighted by atomic mass is 9.65. The molecule has 0 aromatic rings. The van der Waals surface area contributed by atoms with Crippen molar-refractivity contribution in [2.45, 2.75) is 52.3 Å². The molecule has 4 unspecified atom stereocenters. The zero-order chi connectivity index (χ0) is 11.3. The van der Waals surface area contributed by atoms with Crippen LogP contribution in [0.3, 0.4) is 0 Å². The van der Waals surface area contributed by atoms with E-state index < -0.39 is 12.3 Å². The van der Waals surface area contributed by atoms with Gasteiger partial charge in [0, 0.05) is 4.11 Å². The molecule has 0 aromatic carbocycles. The van der Waals surface area contributed by atoms with Gasteiger partial charge < -0.3 is 0 Å². The molecule has 0 amide bonds. The largest absolute Gasteiger partial charge is 0.0625 e. The van der Waals surface area contributed by atoms with E-state index in [-0.39, 0.29) is 5.92 Å². The average Bonchev–Trinajstić information content (AvgIpc) is 2.06. The fourth-order valence-electron chi connectivity index (χ4n) is 2.63. The maximum absolute atomic E-state index is 8.51. The summed E-state index contributed by atoms with van der Waals surface area (Å²) in [7, 11) is 0. The molecule has 0 spiro atoms. The normalized spacial score (nSPS) is 62.5. The third-order valence-electron chi connectivity index (χ3n) is 3.41. The van der Waals surface area contributed by atoms with Crippen LogP contribution in [0.5, 0.6) is 0 Å². The molecule has 2 aliphatic carbocycles. The van der Waals surface area contributed by atoms with E-state index in [0.717, 1.165) is 25.7 Å². The van der Waals surface area contributed by atoms with Gasteiger partial charge in [-0.15, -0.1) is 0 Å². The van der Waals surface area contributed by atoms with E-state index in [1.54, 1.807) is 0 Å². The maximum Gasteiger partial charge on any atom is 0.0306 e. The Kier molecular flexibility index (Phi) is 1.60. The molecule has 0 nitrogen and oxygen atoms in total. The Morgan fingerprint density at radius 1 is 1.08 bits per heavy atom. The van der Waals surface area contributed by atoms with Gasteiger partial charge in [-0.1, -0.05) is 26.7 Å². The maximum atomic E-state index is 8.51. The van der Waals surface area contributed by atoms with Gasteiger partial charge in [0.1, 0.15) is 0 Å². The number of hydrogen-bond donors (Lipinski definition) is 0. The van der Waals surface area contributed by atoms with E-state index in [9.17, 15) is 0 Å². The van der Waals surface area contributed by atoms with Crippen molar-refractivity contribution in [1.29, 1.82) is 0 Å². The molecule has 2 aliphatic rings. The van der Waals surface area contributed by atoms with Gasteiger partial charge in [-0.25, -0.2) is 0 Å². The van der Waals surface area contributed by atoms with Crippen LogP contribution in [-0.4, -0.2) is 0 Å². The quantitative estimate of drug-likeness (QED) is 0.516. The third-order valence-corrected chi connectivity index (χ3v) is 3.41. The number of fused-ring (bicyclic) bond motifs is 1. The number of rotatable bonds is 0. The Bertz CT molecular complexity index is 251. The molecule has 12 heavy (non-hydrogen) atoms. The summed E-state index contributed by atoms with van der Waals surface area (Å²) in [6.45, 7) is 4.30. The standard InChI is InChI=1S/C12H22/c1-9-3-5-12-8-10(2)4-6-11(12)7-9/h9-12H,3-8H2,1-2H3/i5D2,11D. The molecule has 0 saturated heterocycles. The van der Waals surface area contributed by atoms with E-state index in [1.807, 2.05) is 0 Å². The SMILES string of the molecule is [2H]C1([2H])CC(C)CC2([2H])CCC(C)CC12. The highest BCUT2D eigenvalue weighted by Crippen LogP contribution is 2.44. The van der Waals surface area contributed by atoms with Crippen LogP contribution in [0.4, 0.5) is 0 Å². The van der Waals surface area contributed by atoms with Gasteiger partial charge in [0.15, 0.2) is 0 Å². The van der Waals surface area contributed by atoms with Gasteiger partial charge >= 0.3 is 0 Å². The van der Waals surface area contributed by atoms with Crippen molar-refractivity contribution in [3.8, 4) is 0 Å². The molecule has 4 atom stereocenters. The zero-order valence-electron chi connectivity index (χ0n) is 11.3. The topological polar surface area (TPSA) is 0 Å². The lowest BCUT2D eigenvalue weighted by Crippen LogP contribution is -2.29. The van der Waals surface area contributed by atoms with Gasteiger partial charge in [-0.3, -0.25) is 0 Å². The van der Waals surface area contributed by atoms with Crippen molar-refractivity contribution < 1.29 is 4.11 Å². The highest BCUT2D eigenvalue weighted by Gasteiger charge is 2.32. The van der Waals surface area contributed by atoms with Gasteiger partial charge in [0.25, 0.3) is 0 Å². The third kappa shape index (κ3) is 1.67. The van der Waals surface area contributed by atoms with Crippen LogP contribution >= 0.6 is 0 Å². The van der Waals surface area contributed by atoms with Gasteiger partial charge in [-0.05, 0) is 49.3 Å². The minimum absolute atomic E-state index is 0.0232. The van der Waals surface area contributed by atoms with Gasteiger partial charge in [0.05, 0.1) is 0 Å². The first-order valence-electron chi connectivity index (χ1n) is 6.83. The first kappa shape index (κ1) is 5.67. The van der Waals surface area contributed by atoms with Crippen LogP contribution in [0.15, 0.2) is 0 Å². The van der Waals surface area contributed by atoms with Crippen LogP contribution in [0, 0.1) is 23.6 Å². The van der Waals surface area contributed by atoms with Crippen molar-refractivity contribution >= 4 is 0 Å². The van der Waals surface area contributed by atoms with Crippen molar-refractivity contribution in [3.05, 3.63) is 0 Å². The lowest BCUT2D eigenvalue weighted by molar-refractivity contribution is 0.109. The van der Waals surface area contributed by atoms with Crippen molar-refractivity contribution in [1.82, 2.24) is 0 Å². The molecular weight excluding hydrogens is 144 g/mol. The predicted molar refractivity (Wildman–Crippen MR) is 53.0 cm³/mol. The highest BCUT2D eigenvalue weighted by molar-refractivity contribution is 4.83. The van der Waals surface area contributed by atoms with Crippen LogP contribution in [0.2, 0.25) is 0 Å². The molecule has 70 valence electrons. The Morgan fingerprint density at radius 3 is 2.67 bits per heavy atom. The molecule has 0 N–H and O–H groups in total. The van der Waals surface area contributed by atoms with Crippen molar-refractivity contribution in [2.75, 3.05) is 0 Å². The molecular formula is C12H22. The van der Waals surface area contributed by atoms with Crippen LogP contribution in [0.25, 0.3) is 0 Å². The number of hydrogen-bond acceptors (Lipinski definition) is 0. The summed E-state index contributed by atoms with van der Waals surface area (Å²) in [5.41, 5.74) is 0. The van der Waals surface area contributed by atoms with Crippen LogP contribution in [-0.2, 0) is 0 Å². The fraction of sp³-hybridized carbons (Fsp3) is 1.00. The molecule has 0 heterocycles. The molecule has 2 rings (SSSR count). The second kappa shape index (κ2) is 3.40. The fourth-order valence-corrected chi connectivity index (χ4v) is 2.63. The minimum Gasteiger partial charge on any atom is -0.0625 e. The minimum atomic E-state index is -1.10. The summed E-state index contributed by atoms with van der Waals surface area (Å²) in [6.07, 6.45) is 3.40. The molecule has 0 bridgehead atoms. The van der Waals surface area contributed by atoms with Crippen LogP contribution in [0.1, 0.15) is 56.4 Å². The summed E-state index contributed by atoms with van der Waals surface area (Å²) in [4.78, 5) is 0. The average molecular weight is 169 g/mol. The summed E-state index contributed by atoms with van der Waals surface area (Å²) >= 11 is 0. The van der Waals surface area contributed by atoms with E-state index >= 15 is 0 Å². The summed E-state index contributed by atoms with van der Waals surface area (Å²) in [5, 5.41) is 0. The lowest BCUT2D eigenvalue weighted by Gasteiger charge is -2.40. The smallest absolute Gasteiger partial charge is 0.0306 e. The first-order valence-corrected chi connectivity index (χ1v) is 5.33. The second-order valence-electron chi connectivity index (χ2n) is 4.81. The second-order valence-corrected chi connectivity index (χ2v) is 4.81. The predicted octanol–water partition coefficient (Wildman–Crippen LogP) is 3.86. The van der Waals surface area contributed by atoms with Gasteiger partial charge in [-0.2, -0.15) is 0 Å². The van der Waals surface area contributed by atoms with E-state index in [2.05, 4.69) is 13.8 Å². The molecule has 2 saturated carbocycles. The first-order chi connectivity index (χ1) is 6.83. The molecule has 0 heteroatoms. The Balaban J connectivity index is 2.25. The van der Waals surface area contributed by atoms with E-state index in [0.29, 0.717) is 18.3 Å². The van der Waals surface area contributed by atoms with Crippen LogP contribution < -0.4 is 0 Å².